The molecule has 5 nitrogen and oxygen atoms in total. The highest BCUT2D eigenvalue weighted by atomic mass is 19.4. The zero-order valence-electron chi connectivity index (χ0n) is 10.9. The number of carbonyl (C=O) groups is 2. The third-order valence-electron chi connectivity index (χ3n) is 2.44. The Hall–Kier alpha value is -1.47. The quantitative estimate of drug-likeness (QED) is 0.627. The van der Waals surface area contributed by atoms with Gasteiger partial charge in [-0.15, -0.1) is 0 Å². The Bertz CT molecular complexity index is 317. The molecule has 0 unspecified atom stereocenters. The lowest BCUT2D eigenvalue weighted by Crippen LogP contribution is -2.43. The monoisotopic (exact) mass is 284 g/mol. The number of hydrogen-bond acceptors (Lipinski definition) is 2. The predicted octanol–water partition coefficient (Wildman–Crippen LogP) is 2.13. The molecule has 0 aromatic heterocycles. The normalized spacial score (nSPS) is 12.1. The van der Waals surface area contributed by atoms with Crippen molar-refractivity contribution in [1.29, 1.82) is 0 Å². The molecule has 0 radical (unpaired) electrons. The van der Waals surface area contributed by atoms with Gasteiger partial charge in [-0.3, -0.25) is 4.79 Å². The first-order valence-corrected chi connectivity index (χ1v) is 5.86. The summed E-state index contributed by atoms with van der Waals surface area (Å²) < 4.78 is 35.4. The molecule has 2 amide bonds. The first kappa shape index (κ1) is 17.5. The van der Waals surface area contributed by atoms with Crippen molar-refractivity contribution in [1.82, 2.24) is 10.6 Å². The first-order valence-electron chi connectivity index (χ1n) is 5.86. The molecule has 0 heterocycles. The van der Waals surface area contributed by atoms with E-state index in [4.69, 9.17) is 5.11 Å². The maximum Gasteiger partial charge on any atom is 0.389 e. The SMILES string of the molecule is CC(C)(CNC(=O)NCCCCC(F)(F)F)C(=O)O. The Balaban J connectivity index is 3.69. The van der Waals surface area contributed by atoms with E-state index in [1.807, 2.05) is 0 Å². The summed E-state index contributed by atoms with van der Waals surface area (Å²) >= 11 is 0. The van der Waals surface area contributed by atoms with Crippen LogP contribution >= 0.6 is 0 Å². The van der Waals surface area contributed by atoms with Gasteiger partial charge in [0.25, 0.3) is 0 Å². The van der Waals surface area contributed by atoms with Crippen molar-refractivity contribution in [2.24, 2.45) is 5.41 Å². The fourth-order valence-corrected chi connectivity index (χ4v) is 1.09. The van der Waals surface area contributed by atoms with Crippen molar-refractivity contribution < 1.29 is 27.9 Å². The van der Waals surface area contributed by atoms with Gasteiger partial charge in [-0.25, -0.2) is 4.79 Å². The maximum atomic E-state index is 11.8. The van der Waals surface area contributed by atoms with E-state index in [0.29, 0.717) is 0 Å². The van der Waals surface area contributed by atoms with Gasteiger partial charge in [0.15, 0.2) is 0 Å². The molecule has 0 aromatic rings. The Morgan fingerprint density at radius 3 is 2.16 bits per heavy atom. The van der Waals surface area contributed by atoms with E-state index in [1.165, 1.54) is 13.8 Å². The van der Waals surface area contributed by atoms with Gasteiger partial charge in [-0.2, -0.15) is 13.2 Å². The van der Waals surface area contributed by atoms with Crippen molar-refractivity contribution in [3.8, 4) is 0 Å². The van der Waals surface area contributed by atoms with Crippen molar-refractivity contribution >= 4 is 12.0 Å². The summed E-state index contributed by atoms with van der Waals surface area (Å²) in [5, 5.41) is 13.5. The number of carbonyl (C=O) groups excluding carboxylic acids is 1. The minimum absolute atomic E-state index is 0.0512. The molecule has 0 fully saturated rings. The second kappa shape index (κ2) is 7.20. The van der Waals surface area contributed by atoms with E-state index >= 15 is 0 Å². The van der Waals surface area contributed by atoms with E-state index in [-0.39, 0.29) is 25.9 Å². The molecule has 0 aromatic carbocycles. The average Bonchev–Trinajstić information content (AvgIpc) is 2.24. The minimum Gasteiger partial charge on any atom is -0.481 e. The fraction of sp³-hybridized carbons (Fsp3) is 0.818. The molecule has 0 rings (SSSR count). The van der Waals surface area contributed by atoms with Gasteiger partial charge >= 0.3 is 18.2 Å². The molecule has 0 saturated carbocycles. The van der Waals surface area contributed by atoms with Crippen LogP contribution in [-0.4, -0.2) is 36.4 Å². The third kappa shape index (κ3) is 9.15. The number of unbranched alkanes of at least 4 members (excludes halogenated alkanes) is 1. The second-order valence-corrected chi connectivity index (χ2v) is 4.87. The number of amides is 2. The molecule has 8 heteroatoms. The zero-order chi connectivity index (χ0) is 15.1. The lowest BCUT2D eigenvalue weighted by atomic mass is 9.94. The summed E-state index contributed by atoms with van der Waals surface area (Å²) in [6.07, 6.45) is -4.88. The molecule has 3 N–H and O–H groups in total. The Morgan fingerprint density at radius 2 is 1.68 bits per heavy atom. The van der Waals surface area contributed by atoms with E-state index in [1.54, 1.807) is 0 Å². The number of carboxylic acid groups (broad SMARTS) is 1. The van der Waals surface area contributed by atoms with Crippen molar-refractivity contribution in [2.75, 3.05) is 13.1 Å². The number of alkyl halides is 3. The number of rotatable bonds is 7. The van der Waals surface area contributed by atoms with Gasteiger partial charge < -0.3 is 15.7 Å². The number of hydrogen-bond donors (Lipinski definition) is 3. The molecule has 0 aliphatic rings. The maximum absolute atomic E-state index is 11.8. The van der Waals surface area contributed by atoms with E-state index < -0.39 is 30.0 Å². The van der Waals surface area contributed by atoms with Crippen LogP contribution in [0.1, 0.15) is 33.1 Å². The zero-order valence-corrected chi connectivity index (χ0v) is 10.9. The van der Waals surface area contributed by atoms with Gasteiger partial charge in [0.05, 0.1) is 5.41 Å². The molecule has 0 atom stereocenters. The van der Waals surface area contributed by atoms with Gasteiger partial charge in [0.1, 0.15) is 0 Å². The predicted molar refractivity (Wildman–Crippen MR) is 62.7 cm³/mol. The minimum atomic E-state index is -4.17. The van der Waals surface area contributed by atoms with Crippen LogP contribution in [0.15, 0.2) is 0 Å². The molecule has 19 heavy (non-hydrogen) atoms. The molecule has 112 valence electrons. The molecular weight excluding hydrogens is 265 g/mol. The van der Waals surface area contributed by atoms with Gasteiger partial charge in [-0.1, -0.05) is 0 Å². The number of nitrogens with one attached hydrogen (secondary N) is 2. The summed E-state index contributed by atoms with van der Waals surface area (Å²) in [5.41, 5.74) is -1.09. The molecular formula is C11H19F3N2O3. The van der Waals surface area contributed by atoms with Crippen molar-refractivity contribution in [2.45, 2.75) is 39.3 Å². The van der Waals surface area contributed by atoms with E-state index in [9.17, 15) is 22.8 Å². The number of urea groups is 1. The number of halogens is 3. The van der Waals surface area contributed by atoms with E-state index in [0.717, 1.165) is 0 Å². The van der Waals surface area contributed by atoms with E-state index in [2.05, 4.69) is 10.6 Å². The summed E-state index contributed by atoms with van der Waals surface area (Å²) in [6, 6.07) is -0.582. The van der Waals surface area contributed by atoms with Crippen LogP contribution < -0.4 is 10.6 Å². The highest BCUT2D eigenvalue weighted by Gasteiger charge is 2.27. The molecule has 0 aliphatic carbocycles. The average molecular weight is 284 g/mol. The second-order valence-electron chi connectivity index (χ2n) is 4.87. The first-order chi connectivity index (χ1) is 8.54. The summed E-state index contributed by atoms with van der Waals surface area (Å²) in [4.78, 5) is 22.0. The lowest BCUT2D eigenvalue weighted by Gasteiger charge is -2.19. The van der Waals surface area contributed by atoms with Crippen LogP contribution in [0.4, 0.5) is 18.0 Å². The molecule has 0 aliphatic heterocycles. The summed E-state index contributed by atoms with van der Waals surface area (Å²) in [6.45, 7) is 2.98. The van der Waals surface area contributed by atoms with Gasteiger partial charge in [0, 0.05) is 19.5 Å². The van der Waals surface area contributed by atoms with Crippen molar-refractivity contribution in [3.05, 3.63) is 0 Å². The van der Waals surface area contributed by atoms with Crippen LogP contribution in [0.3, 0.4) is 0 Å². The Morgan fingerprint density at radius 1 is 1.11 bits per heavy atom. The van der Waals surface area contributed by atoms with Crippen LogP contribution in [0, 0.1) is 5.41 Å². The Kier molecular flexibility index (Phi) is 6.64. The smallest absolute Gasteiger partial charge is 0.389 e. The number of aliphatic carboxylic acids is 1. The highest BCUT2D eigenvalue weighted by Crippen LogP contribution is 2.21. The van der Waals surface area contributed by atoms with Gasteiger partial charge in [-0.05, 0) is 26.7 Å². The standard InChI is InChI=1S/C11H19F3N2O3/c1-10(2,8(17)18)7-16-9(19)15-6-4-3-5-11(12,13)14/h3-7H2,1-2H3,(H,17,18)(H2,15,16,19). The van der Waals surface area contributed by atoms with Crippen LogP contribution in [-0.2, 0) is 4.79 Å². The molecule has 0 bridgehead atoms. The molecule has 0 saturated heterocycles. The lowest BCUT2D eigenvalue weighted by molar-refractivity contribution is -0.146. The van der Waals surface area contributed by atoms with Crippen LogP contribution in [0.5, 0.6) is 0 Å². The summed E-state index contributed by atoms with van der Waals surface area (Å²) in [7, 11) is 0. The Labute approximate surface area is 109 Å². The topological polar surface area (TPSA) is 78.4 Å². The third-order valence-corrected chi connectivity index (χ3v) is 2.44. The molecule has 0 spiro atoms. The largest absolute Gasteiger partial charge is 0.481 e. The summed E-state index contributed by atoms with van der Waals surface area (Å²) in [5.74, 6) is -1.04. The fourth-order valence-electron chi connectivity index (χ4n) is 1.09. The van der Waals surface area contributed by atoms with Crippen LogP contribution in [0.25, 0.3) is 0 Å². The van der Waals surface area contributed by atoms with Gasteiger partial charge in [0.2, 0.25) is 0 Å². The number of carboxylic acids is 1. The van der Waals surface area contributed by atoms with Crippen molar-refractivity contribution in [3.63, 3.8) is 0 Å². The van der Waals surface area contributed by atoms with Crippen LogP contribution in [0.2, 0.25) is 0 Å². The highest BCUT2D eigenvalue weighted by molar-refractivity contribution is 5.77.